The molecular formula is C21H20N4O2S. The van der Waals surface area contributed by atoms with Gasteiger partial charge in [-0.15, -0.1) is 11.8 Å². The molecule has 0 spiro atoms. The molecule has 3 heterocycles. The van der Waals surface area contributed by atoms with Gasteiger partial charge >= 0.3 is 0 Å². The van der Waals surface area contributed by atoms with E-state index in [1.807, 2.05) is 73.0 Å². The van der Waals surface area contributed by atoms with Gasteiger partial charge in [-0.05, 0) is 26.0 Å². The number of carbonyl (C=O) groups is 1. The van der Waals surface area contributed by atoms with E-state index in [1.54, 1.807) is 0 Å². The van der Waals surface area contributed by atoms with Gasteiger partial charge in [-0.3, -0.25) is 9.20 Å². The summed E-state index contributed by atoms with van der Waals surface area (Å²) in [5.41, 5.74) is 4.44. The molecule has 0 saturated heterocycles. The SMILES string of the molecule is Cc1noc(C)c1CSCC(=O)Nc1c(-c2ccccc2)nc2ccccn12. The van der Waals surface area contributed by atoms with Crippen LogP contribution in [0.4, 0.5) is 5.82 Å². The molecule has 0 unspecified atom stereocenters. The molecule has 28 heavy (non-hydrogen) atoms. The normalized spacial score (nSPS) is 11.1. The zero-order chi connectivity index (χ0) is 19.5. The topological polar surface area (TPSA) is 72.4 Å². The molecule has 1 N–H and O–H groups in total. The molecule has 0 saturated carbocycles. The summed E-state index contributed by atoms with van der Waals surface area (Å²) in [6, 6.07) is 15.6. The third kappa shape index (κ3) is 3.66. The molecule has 0 aliphatic rings. The maximum absolute atomic E-state index is 12.6. The quantitative estimate of drug-likeness (QED) is 0.524. The average molecular weight is 392 g/mol. The number of amides is 1. The Bertz CT molecular complexity index is 1100. The van der Waals surface area contributed by atoms with Crippen LogP contribution >= 0.6 is 11.8 Å². The molecule has 3 aromatic heterocycles. The number of hydrogen-bond acceptors (Lipinski definition) is 5. The van der Waals surface area contributed by atoms with Crippen LogP contribution in [-0.2, 0) is 10.5 Å². The lowest BCUT2D eigenvalue weighted by atomic mass is 10.1. The number of aryl methyl sites for hydroxylation is 2. The lowest BCUT2D eigenvalue weighted by molar-refractivity contribution is -0.113. The van der Waals surface area contributed by atoms with Crippen molar-refractivity contribution in [3.05, 3.63) is 71.7 Å². The summed E-state index contributed by atoms with van der Waals surface area (Å²) in [6.07, 6.45) is 1.90. The second kappa shape index (κ2) is 7.90. The molecule has 0 atom stereocenters. The second-order valence-electron chi connectivity index (χ2n) is 6.45. The van der Waals surface area contributed by atoms with Gasteiger partial charge < -0.3 is 9.84 Å². The molecule has 1 amide bonds. The zero-order valence-corrected chi connectivity index (χ0v) is 16.5. The number of carbonyl (C=O) groups excluding carboxylic acids is 1. The highest BCUT2D eigenvalue weighted by Crippen LogP contribution is 2.29. The van der Waals surface area contributed by atoms with Crippen molar-refractivity contribution in [2.24, 2.45) is 0 Å². The van der Waals surface area contributed by atoms with E-state index in [0.29, 0.717) is 17.3 Å². The van der Waals surface area contributed by atoms with Crippen LogP contribution in [0, 0.1) is 13.8 Å². The number of nitrogens with one attached hydrogen (secondary N) is 1. The molecule has 0 aliphatic carbocycles. The van der Waals surface area contributed by atoms with E-state index < -0.39 is 0 Å². The van der Waals surface area contributed by atoms with Gasteiger partial charge in [-0.1, -0.05) is 41.6 Å². The highest BCUT2D eigenvalue weighted by atomic mass is 32.2. The molecule has 0 bridgehead atoms. The minimum atomic E-state index is -0.0698. The number of fused-ring (bicyclic) bond motifs is 1. The van der Waals surface area contributed by atoms with E-state index in [0.717, 1.165) is 33.9 Å². The molecule has 4 rings (SSSR count). The van der Waals surface area contributed by atoms with E-state index in [2.05, 4.69) is 10.5 Å². The maximum Gasteiger partial charge on any atom is 0.235 e. The summed E-state index contributed by atoms with van der Waals surface area (Å²) in [5, 5.41) is 7.00. The fourth-order valence-corrected chi connectivity index (χ4v) is 4.01. The van der Waals surface area contributed by atoms with Crippen LogP contribution < -0.4 is 5.32 Å². The Morgan fingerprint density at radius 1 is 1.14 bits per heavy atom. The van der Waals surface area contributed by atoms with E-state index in [4.69, 9.17) is 9.51 Å². The van der Waals surface area contributed by atoms with Crippen LogP contribution in [0.25, 0.3) is 16.9 Å². The van der Waals surface area contributed by atoms with Crippen molar-refractivity contribution in [2.45, 2.75) is 19.6 Å². The van der Waals surface area contributed by atoms with Gasteiger partial charge in [0, 0.05) is 23.1 Å². The van der Waals surface area contributed by atoms with E-state index in [1.165, 1.54) is 11.8 Å². The van der Waals surface area contributed by atoms with Crippen molar-refractivity contribution < 1.29 is 9.32 Å². The summed E-state index contributed by atoms with van der Waals surface area (Å²) in [6.45, 7) is 3.80. The molecule has 4 aromatic rings. The number of thioether (sulfide) groups is 1. The summed E-state index contributed by atoms with van der Waals surface area (Å²) in [5.74, 6) is 2.44. The number of imidazole rings is 1. The first-order chi connectivity index (χ1) is 13.6. The highest BCUT2D eigenvalue weighted by molar-refractivity contribution is 7.99. The lowest BCUT2D eigenvalue weighted by Gasteiger charge is -2.08. The number of aromatic nitrogens is 3. The Morgan fingerprint density at radius 3 is 2.68 bits per heavy atom. The van der Waals surface area contributed by atoms with E-state index in [-0.39, 0.29) is 5.91 Å². The van der Waals surface area contributed by atoms with E-state index >= 15 is 0 Å². The number of hydrogen-bond donors (Lipinski definition) is 1. The minimum absolute atomic E-state index is 0.0698. The first-order valence-electron chi connectivity index (χ1n) is 8.95. The standard InChI is InChI=1S/C21H20N4O2S/c1-14-17(15(2)27-24-14)12-28-13-19(26)23-21-20(16-8-4-3-5-9-16)22-18-10-6-7-11-25(18)21/h3-11H,12-13H2,1-2H3,(H,23,26). The van der Waals surface area contributed by atoms with Crippen molar-refractivity contribution in [2.75, 3.05) is 11.1 Å². The second-order valence-corrected chi connectivity index (χ2v) is 7.43. The number of rotatable bonds is 6. The van der Waals surface area contributed by atoms with Crippen LogP contribution in [0.1, 0.15) is 17.0 Å². The number of nitrogens with zero attached hydrogens (tertiary/aromatic N) is 3. The van der Waals surface area contributed by atoms with E-state index in [9.17, 15) is 4.79 Å². The molecule has 0 aliphatic heterocycles. The molecule has 142 valence electrons. The zero-order valence-electron chi connectivity index (χ0n) is 15.7. The molecule has 7 heteroatoms. The summed E-state index contributed by atoms with van der Waals surface area (Å²) in [4.78, 5) is 17.3. The van der Waals surface area contributed by atoms with Crippen LogP contribution in [0.15, 0.2) is 59.3 Å². The summed E-state index contributed by atoms with van der Waals surface area (Å²) >= 11 is 1.53. The maximum atomic E-state index is 12.6. The minimum Gasteiger partial charge on any atom is -0.361 e. The molecular weight excluding hydrogens is 372 g/mol. The third-order valence-electron chi connectivity index (χ3n) is 4.50. The Labute approximate surface area is 167 Å². The van der Waals surface area contributed by atoms with Gasteiger partial charge in [0.15, 0.2) is 0 Å². The van der Waals surface area contributed by atoms with Crippen LogP contribution in [0.3, 0.4) is 0 Å². The summed E-state index contributed by atoms with van der Waals surface area (Å²) < 4.78 is 7.08. The monoisotopic (exact) mass is 392 g/mol. The van der Waals surface area contributed by atoms with Gasteiger partial charge in [0.25, 0.3) is 0 Å². The lowest BCUT2D eigenvalue weighted by Crippen LogP contribution is -2.16. The first-order valence-corrected chi connectivity index (χ1v) is 10.1. The van der Waals surface area contributed by atoms with Gasteiger partial charge in [0.05, 0.1) is 11.4 Å². The number of benzene rings is 1. The Morgan fingerprint density at radius 2 is 1.93 bits per heavy atom. The first kappa shape index (κ1) is 18.3. The van der Waals surface area contributed by atoms with Crippen LogP contribution in [0.2, 0.25) is 0 Å². The van der Waals surface area contributed by atoms with Crippen molar-refractivity contribution in [3.8, 4) is 11.3 Å². The predicted octanol–water partition coefficient (Wildman–Crippen LogP) is 4.48. The Hall–Kier alpha value is -3.06. The Balaban J connectivity index is 1.53. The highest BCUT2D eigenvalue weighted by Gasteiger charge is 2.16. The fourth-order valence-electron chi connectivity index (χ4n) is 3.03. The van der Waals surface area contributed by atoms with Crippen molar-refractivity contribution in [1.82, 2.24) is 14.5 Å². The fraction of sp³-hybridized carbons (Fsp3) is 0.190. The molecule has 0 radical (unpaired) electrons. The van der Waals surface area contributed by atoms with Gasteiger partial charge in [-0.25, -0.2) is 4.98 Å². The average Bonchev–Trinajstić information content (AvgIpc) is 3.23. The van der Waals surface area contributed by atoms with Gasteiger partial charge in [-0.2, -0.15) is 0 Å². The van der Waals surface area contributed by atoms with Crippen LogP contribution in [0.5, 0.6) is 0 Å². The smallest absolute Gasteiger partial charge is 0.235 e. The third-order valence-corrected chi connectivity index (χ3v) is 5.45. The molecule has 1 aromatic carbocycles. The van der Waals surface area contributed by atoms with Crippen LogP contribution in [-0.4, -0.2) is 26.2 Å². The number of pyridine rings is 1. The van der Waals surface area contributed by atoms with Crippen molar-refractivity contribution in [1.29, 1.82) is 0 Å². The van der Waals surface area contributed by atoms with Gasteiger partial charge in [0.2, 0.25) is 5.91 Å². The van der Waals surface area contributed by atoms with Gasteiger partial charge in [0.1, 0.15) is 22.9 Å². The number of anilines is 1. The largest absolute Gasteiger partial charge is 0.361 e. The van der Waals surface area contributed by atoms with Crippen molar-refractivity contribution in [3.63, 3.8) is 0 Å². The Kier molecular flexibility index (Phi) is 5.16. The molecule has 6 nitrogen and oxygen atoms in total. The van der Waals surface area contributed by atoms with Crippen molar-refractivity contribution >= 4 is 29.1 Å². The summed E-state index contributed by atoms with van der Waals surface area (Å²) in [7, 11) is 0. The predicted molar refractivity (Wildman–Crippen MR) is 111 cm³/mol. The molecule has 0 fully saturated rings.